The molecule has 2 aromatic heterocycles. The maximum atomic E-state index is 12.2. The molecule has 0 aromatic carbocycles. The molecular formula is C18H23N3O2. The van der Waals surface area contributed by atoms with Gasteiger partial charge in [-0.25, -0.2) is 0 Å². The van der Waals surface area contributed by atoms with Crippen molar-refractivity contribution in [3.8, 4) is 0 Å². The topological polar surface area (TPSA) is 60.1 Å². The molecule has 5 heteroatoms. The second kappa shape index (κ2) is 5.55. The molecule has 0 spiro atoms. The monoisotopic (exact) mass is 313 g/mol. The van der Waals surface area contributed by atoms with E-state index in [2.05, 4.69) is 16.1 Å². The summed E-state index contributed by atoms with van der Waals surface area (Å²) in [7, 11) is 0. The Morgan fingerprint density at radius 2 is 2.00 bits per heavy atom. The fourth-order valence-electron chi connectivity index (χ4n) is 3.14. The van der Waals surface area contributed by atoms with Crippen molar-refractivity contribution in [2.24, 2.45) is 0 Å². The van der Waals surface area contributed by atoms with Crippen molar-refractivity contribution < 1.29 is 9.21 Å². The van der Waals surface area contributed by atoms with E-state index < -0.39 is 0 Å². The minimum absolute atomic E-state index is 0.0677. The van der Waals surface area contributed by atoms with Gasteiger partial charge in [-0.2, -0.15) is 5.10 Å². The lowest BCUT2D eigenvalue weighted by molar-refractivity contribution is 0.0950. The van der Waals surface area contributed by atoms with Crippen LogP contribution in [-0.2, 0) is 6.54 Å². The van der Waals surface area contributed by atoms with Gasteiger partial charge in [-0.15, -0.1) is 0 Å². The number of nitrogens with zero attached hydrogens (tertiary/aromatic N) is 2. The van der Waals surface area contributed by atoms with Gasteiger partial charge in [-0.3, -0.25) is 9.48 Å². The van der Waals surface area contributed by atoms with Crippen LogP contribution in [0.3, 0.4) is 0 Å². The summed E-state index contributed by atoms with van der Waals surface area (Å²) in [6, 6.07) is 4.08. The molecule has 122 valence electrons. The van der Waals surface area contributed by atoms with Crippen molar-refractivity contribution in [3.05, 3.63) is 40.6 Å². The first-order chi connectivity index (χ1) is 11.1. The van der Waals surface area contributed by atoms with E-state index in [0.29, 0.717) is 29.7 Å². The van der Waals surface area contributed by atoms with E-state index >= 15 is 0 Å². The van der Waals surface area contributed by atoms with Crippen LogP contribution in [0.1, 0.15) is 70.8 Å². The van der Waals surface area contributed by atoms with Gasteiger partial charge in [-0.1, -0.05) is 0 Å². The van der Waals surface area contributed by atoms with Gasteiger partial charge in [0.25, 0.3) is 5.91 Å². The number of rotatable bonds is 6. The normalized spacial score (nSPS) is 17.5. The van der Waals surface area contributed by atoms with Gasteiger partial charge >= 0.3 is 0 Å². The largest absolute Gasteiger partial charge is 0.466 e. The fraction of sp³-hybridized carbons (Fsp3) is 0.556. The molecule has 0 radical (unpaired) electrons. The molecule has 1 amide bonds. The molecule has 2 aliphatic rings. The maximum Gasteiger partial charge on any atom is 0.254 e. The maximum absolute atomic E-state index is 12.2. The average Bonchev–Trinajstić information content (AvgIpc) is 3.43. The van der Waals surface area contributed by atoms with Crippen LogP contribution < -0.4 is 5.32 Å². The van der Waals surface area contributed by atoms with E-state index in [0.717, 1.165) is 12.3 Å². The lowest BCUT2D eigenvalue weighted by Crippen LogP contribution is -2.28. The number of amides is 1. The van der Waals surface area contributed by atoms with Crippen molar-refractivity contribution in [1.82, 2.24) is 15.1 Å². The zero-order chi connectivity index (χ0) is 16.0. The molecule has 0 aliphatic heterocycles. The molecule has 5 nitrogen and oxygen atoms in total. The quantitative estimate of drug-likeness (QED) is 0.890. The third-order valence-corrected chi connectivity index (χ3v) is 4.72. The highest BCUT2D eigenvalue weighted by Crippen LogP contribution is 2.44. The number of nitrogens with one attached hydrogen (secondary N) is 1. The molecule has 2 aromatic rings. The smallest absolute Gasteiger partial charge is 0.254 e. The van der Waals surface area contributed by atoms with Crippen molar-refractivity contribution in [2.75, 3.05) is 6.54 Å². The molecule has 2 aliphatic carbocycles. The lowest BCUT2D eigenvalue weighted by Gasteiger charge is -2.08. The molecule has 2 heterocycles. The molecule has 0 atom stereocenters. The predicted octanol–water partition coefficient (Wildman–Crippen LogP) is 3.28. The standard InChI is InChI=1S/C18H23N3O2/c1-11-9-15(12(2)23-11)18(22)19-7-8-21-17(14-5-6-14)10-16(20-21)13-3-4-13/h9-10,13-14H,3-8H2,1-2H3,(H,19,22). The molecule has 1 N–H and O–H groups in total. The Balaban J connectivity index is 1.39. The van der Waals surface area contributed by atoms with E-state index in [1.54, 1.807) is 6.07 Å². The van der Waals surface area contributed by atoms with Crippen LogP contribution in [0, 0.1) is 13.8 Å². The minimum atomic E-state index is -0.0677. The zero-order valence-corrected chi connectivity index (χ0v) is 13.8. The number of hydrogen-bond donors (Lipinski definition) is 1. The number of furan rings is 1. The number of carbonyl (C=O) groups excluding carboxylic acids is 1. The molecular weight excluding hydrogens is 290 g/mol. The Morgan fingerprint density at radius 3 is 2.61 bits per heavy atom. The van der Waals surface area contributed by atoms with Gasteiger partial charge in [0.2, 0.25) is 0 Å². The summed E-state index contributed by atoms with van der Waals surface area (Å²) in [5, 5.41) is 7.75. The number of carbonyl (C=O) groups is 1. The Morgan fingerprint density at radius 1 is 1.26 bits per heavy atom. The minimum Gasteiger partial charge on any atom is -0.466 e. The molecule has 0 saturated heterocycles. The zero-order valence-electron chi connectivity index (χ0n) is 13.8. The lowest BCUT2D eigenvalue weighted by atomic mass is 10.2. The first-order valence-corrected chi connectivity index (χ1v) is 8.54. The van der Waals surface area contributed by atoms with Crippen molar-refractivity contribution in [2.45, 2.75) is 57.9 Å². The Hall–Kier alpha value is -2.04. The highest BCUT2D eigenvalue weighted by Gasteiger charge is 2.32. The first-order valence-electron chi connectivity index (χ1n) is 8.54. The Bertz CT molecular complexity index is 736. The van der Waals surface area contributed by atoms with Gasteiger partial charge in [0, 0.05) is 24.1 Å². The highest BCUT2D eigenvalue weighted by molar-refractivity contribution is 5.95. The first kappa shape index (κ1) is 14.5. The predicted molar refractivity (Wildman–Crippen MR) is 86.7 cm³/mol. The summed E-state index contributed by atoms with van der Waals surface area (Å²) in [6.07, 6.45) is 5.10. The number of aromatic nitrogens is 2. The van der Waals surface area contributed by atoms with Gasteiger partial charge < -0.3 is 9.73 Å². The van der Waals surface area contributed by atoms with E-state index in [1.165, 1.54) is 37.1 Å². The summed E-state index contributed by atoms with van der Waals surface area (Å²) in [5.74, 6) is 2.74. The highest BCUT2D eigenvalue weighted by atomic mass is 16.3. The van der Waals surface area contributed by atoms with Crippen LogP contribution in [0.25, 0.3) is 0 Å². The van der Waals surface area contributed by atoms with Crippen molar-refractivity contribution in [1.29, 1.82) is 0 Å². The van der Waals surface area contributed by atoms with Crippen LogP contribution in [0.4, 0.5) is 0 Å². The Labute approximate surface area is 136 Å². The summed E-state index contributed by atoms with van der Waals surface area (Å²) in [6.45, 7) is 5.01. The fourth-order valence-corrected chi connectivity index (χ4v) is 3.14. The van der Waals surface area contributed by atoms with Gasteiger partial charge in [0.1, 0.15) is 11.5 Å². The van der Waals surface area contributed by atoms with Gasteiger partial charge in [0.15, 0.2) is 0 Å². The average molecular weight is 313 g/mol. The molecule has 0 unspecified atom stereocenters. The third kappa shape index (κ3) is 3.05. The van der Waals surface area contributed by atoms with Crippen LogP contribution in [-0.4, -0.2) is 22.2 Å². The summed E-state index contributed by atoms with van der Waals surface area (Å²) < 4.78 is 7.53. The van der Waals surface area contributed by atoms with Crippen molar-refractivity contribution in [3.63, 3.8) is 0 Å². The van der Waals surface area contributed by atoms with Gasteiger partial charge in [0.05, 0.1) is 17.8 Å². The molecule has 0 bridgehead atoms. The third-order valence-electron chi connectivity index (χ3n) is 4.72. The molecule has 4 rings (SSSR count). The number of aryl methyl sites for hydroxylation is 2. The van der Waals surface area contributed by atoms with Crippen LogP contribution in [0.15, 0.2) is 16.5 Å². The van der Waals surface area contributed by atoms with E-state index in [4.69, 9.17) is 9.52 Å². The summed E-state index contributed by atoms with van der Waals surface area (Å²) >= 11 is 0. The summed E-state index contributed by atoms with van der Waals surface area (Å²) in [4.78, 5) is 12.2. The summed E-state index contributed by atoms with van der Waals surface area (Å²) in [5.41, 5.74) is 3.24. The SMILES string of the molecule is Cc1cc(C(=O)NCCn2nc(C3CC3)cc2C2CC2)c(C)o1. The van der Waals surface area contributed by atoms with E-state index in [9.17, 15) is 4.79 Å². The van der Waals surface area contributed by atoms with Crippen LogP contribution in [0.2, 0.25) is 0 Å². The van der Waals surface area contributed by atoms with Crippen molar-refractivity contribution >= 4 is 5.91 Å². The van der Waals surface area contributed by atoms with E-state index in [1.807, 2.05) is 13.8 Å². The van der Waals surface area contributed by atoms with Crippen LogP contribution in [0.5, 0.6) is 0 Å². The van der Waals surface area contributed by atoms with Gasteiger partial charge in [-0.05, 0) is 51.7 Å². The molecule has 23 heavy (non-hydrogen) atoms. The second-order valence-corrected chi connectivity index (χ2v) is 6.85. The Kier molecular flexibility index (Phi) is 3.51. The second-order valence-electron chi connectivity index (χ2n) is 6.85. The molecule has 2 fully saturated rings. The molecule has 2 saturated carbocycles. The van der Waals surface area contributed by atoms with Crippen LogP contribution >= 0.6 is 0 Å². The van der Waals surface area contributed by atoms with E-state index in [-0.39, 0.29) is 5.91 Å². The number of hydrogen-bond acceptors (Lipinski definition) is 3.